The highest BCUT2D eigenvalue weighted by molar-refractivity contribution is 7.44. The molecule has 0 unspecified atom stereocenters. The molecule has 178 valence electrons. The Kier molecular flexibility index (Phi) is 8.48. The fourth-order valence-electron chi connectivity index (χ4n) is 3.84. The van der Waals surface area contributed by atoms with Gasteiger partial charge in [-0.3, -0.25) is 9.48 Å². The van der Waals surface area contributed by atoms with E-state index in [1.54, 1.807) is 11.7 Å². The third-order valence-corrected chi connectivity index (χ3v) is 5.45. The molecule has 1 N–H and O–H groups in total. The Hall–Kier alpha value is -2.89. The minimum atomic E-state index is -0.217. The number of piperazine rings is 1. The van der Waals surface area contributed by atoms with Crippen molar-refractivity contribution < 1.29 is 13.8 Å². The number of hydrogen-bond donors (Lipinski definition) is 1. The summed E-state index contributed by atoms with van der Waals surface area (Å²) in [6.45, 7) is 8.09. The fraction of sp³-hybridized carbons (Fsp3) is 0.500. The van der Waals surface area contributed by atoms with Gasteiger partial charge in [0.2, 0.25) is 0 Å². The van der Waals surface area contributed by atoms with E-state index >= 15 is 0 Å². The maximum atomic E-state index is 12.9. The largest absolute Gasteiger partial charge is 0.493 e. The number of likely N-dealkylation sites (N-methyl/N-ethyl adjacent to an activating group) is 1. The molecule has 0 saturated carbocycles. The molecule has 0 aliphatic carbocycles. The molecule has 0 bridgehead atoms. The van der Waals surface area contributed by atoms with Crippen molar-refractivity contribution in [2.75, 3.05) is 39.8 Å². The van der Waals surface area contributed by atoms with Crippen molar-refractivity contribution in [1.82, 2.24) is 29.7 Å². The molecule has 0 amide bonds. The van der Waals surface area contributed by atoms with Gasteiger partial charge in [-0.2, -0.15) is 9.31 Å². The molecular formula is C22H30N6O4S. The molecule has 0 radical (unpaired) electrons. The summed E-state index contributed by atoms with van der Waals surface area (Å²) in [6, 6.07) is 5.63. The third kappa shape index (κ3) is 5.55. The van der Waals surface area contributed by atoms with Crippen molar-refractivity contribution in [3.8, 4) is 22.9 Å². The van der Waals surface area contributed by atoms with E-state index in [1.165, 1.54) is 0 Å². The maximum Gasteiger partial charge on any atom is 0.277 e. The molecule has 1 aliphatic heterocycles. The molecule has 4 rings (SSSR count). The van der Waals surface area contributed by atoms with Gasteiger partial charge >= 0.3 is 0 Å². The first-order chi connectivity index (χ1) is 16.0. The normalized spacial score (nSPS) is 14.7. The number of aromatic amines is 1. The molecule has 1 aromatic carbocycles. The van der Waals surface area contributed by atoms with Gasteiger partial charge in [0, 0.05) is 33.2 Å². The van der Waals surface area contributed by atoms with Gasteiger partial charge in [-0.1, -0.05) is 13.3 Å². The Balaban J connectivity index is 0.00000149. The molecule has 3 aromatic rings. The molecule has 1 aliphatic rings. The lowest BCUT2D eigenvalue weighted by atomic mass is 10.1. The molecule has 1 fully saturated rings. The number of nitrogens with one attached hydrogen (secondary N) is 1. The van der Waals surface area contributed by atoms with Crippen molar-refractivity contribution in [3.05, 3.63) is 34.2 Å². The van der Waals surface area contributed by atoms with Crippen molar-refractivity contribution in [2.24, 2.45) is 7.05 Å². The van der Waals surface area contributed by atoms with Crippen molar-refractivity contribution >= 4 is 23.6 Å². The Morgan fingerprint density at radius 1 is 1.12 bits per heavy atom. The van der Waals surface area contributed by atoms with E-state index in [4.69, 9.17) is 18.8 Å². The zero-order valence-electron chi connectivity index (χ0n) is 19.5. The number of hydroxylamine groups is 2. The summed E-state index contributed by atoms with van der Waals surface area (Å²) in [5.41, 5.74) is 2.42. The lowest BCUT2D eigenvalue weighted by Crippen LogP contribution is -2.45. The van der Waals surface area contributed by atoms with Crippen LogP contribution in [0.2, 0.25) is 0 Å². The third-order valence-electron chi connectivity index (χ3n) is 5.45. The second kappa shape index (κ2) is 11.3. The average Bonchev–Trinajstić information content (AvgIpc) is 3.13. The fourth-order valence-corrected chi connectivity index (χ4v) is 3.84. The topological polar surface area (TPSA) is 106 Å². The number of hydrogen-bond acceptors (Lipinski definition) is 9. The Morgan fingerprint density at radius 3 is 2.52 bits per heavy atom. The molecular weight excluding hydrogens is 444 g/mol. The predicted octanol–water partition coefficient (Wildman–Crippen LogP) is 1.88. The van der Waals surface area contributed by atoms with Crippen molar-refractivity contribution in [2.45, 2.75) is 26.7 Å². The second-order valence-corrected chi connectivity index (χ2v) is 7.85. The summed E-state index contributed by atoms with van der Waals surface area (Å²) in [6.07, 6.45) is 1.69. The van der Waals surface area contributed by atoms with Gasteiger partial charge in [-0.25, -0.2) is 4.98 Å². The number of ether oxygens (including phenoxy) is 1. The highest BCUT2D eigenvalue weighted by Crippen LogP contribution is 2.32. The smallest absolute Gasteiger partial charge is 0.277 e. The molecule has 2 aromatic heterocycles. The summed E-state index contributed by atoms with van der Waals surface area (Å²) < 4.78 is 15.3. The summed E-state index contributed by atoms with van der Waals surface area (Å²) in [5.74, 6) is 1.79. The van der Waals surface area contributed by atoms with Crippen LogP contribution in [-0.4, -0.2) is 73.8 Å². The van der Waals surface area contributed by atoms with Crippen LogP contribution < -0.4 is 15.1 Å². The quantitative estimate of drug-likeness (QED) is 0.549. The highest BCUT2D eigenvalue weighted by Gasteiger charge is 2.20. The van der Waals surface area contributed by atoms with E-state index in [2.05, 4.69) is 41.5 Å². The van der Waals surface area contributed by atoms with Crippen molar-refractivity contribution in [1.29, 1.82) is 0 Å². The molecule has 10 nitrogen and oxygen atoms in total. The van der Waals surface area contributed by atoms with E-state index < -0.39 is 0 Å². The predicted molar refractivity (Wildman–Crippen MR) is 128 cm³/mol. The second-order valence-electron chi connectivity index (χ2n) is 7.85. The standard InChI is InChI=1S/C22H30N6O3.OS/c1-5-7-17-19-20(27(4)25-17)22(29)24-21(23-19)16-14-15(8-9-18(16)30-6-2)31-28-12-10-26(3)11-13-28;1-2/h8-9,14H,5-7,10-13H2,1-4H3,(H,23,24,29);. The first-order valence-corrected chi connectivity index (χ1v) is 11.3. The van der Waals surface area contributed by atoms with Crippen LogP contribution in [0, 0.1) is 0 Å². The van der Waals surface area contributed by atoms with Crippen LogP contribution in [0.5, 0.6) is 11.5 Å². The molecule has 0 atom stereocenters. The average molecular weight is 475 g/mol. The van der Waals surface area contributed by atoms with Crippen LogP contribution in [0.3, 0.4) is 0 Å². The van der Waals surface area contributed by atoms with Crippen LogP contribution >= 0.6 is 0 Å². The summed E-state index contributed by atoms with van der Waals surface area (Å²) >= 11 is 2.83. The zero-order chi connectivity index (χ0) is 24.0. The molecule has 3 heterocycles. The van der Waals surface area contributed by atoms with E-state index in [0.717, 1.165) is 44.7 Å². The lowest BCUT2D eigenvalue weighted by molar-refractivity contribution is -0.0849. The number of aryl methyl sites for hydroxylation is 2. The number of H-pyrrole nitrogens is 1. The number of rotatable bonds is 7. The molecule has 0 spiro atoms. The summed E-state index contributed by atoms with van der Waals surface area (Å²) in [4.78, 5) is 28.9. The number of aromatic nitrogens is 4. The Morgan fingerprint density at radius 2 is 1.85 bits per heavy atom. The Bertz CT molecular complexity index is 1140. The van der Waals surface area contributed by atoms with Gasteiger partial charge in [-0.05, 0) is 38.6 Å². The first kappa shape index (κ1) is 24.7. The van der Waals surface area contributed by atoms with E-state index in [-0.39, 0.29) is 5.56 Å². The minimum Gasteiger partial charge on any atom is -0.493 e. The summed E-state index contributed by atoms with van der Waals surface area (Å²) in [7, 11) is 3.88. The SMILES string of the molecule is CCCc1nn(C)c2c(=O)[nH]c(-c3cc(ON4CCN(C)CC4)ccc3OCC)nc12.O=S. The van der Waals surface area contributed by atoms with Gasteiger partial charge in [-0.15, -0.1) is 5.06 Å². The Labute approximate surface area is 198 Å². The van der Waals surface area contributed by atoms with Gasteiger partial charge in [0.05, 0.1) is 17.9 Å². The van der Waals surface area contributed by atoms with Crippen LogP contribution in [0.25, 0.3) is 22.4 Å². The minimum absolute atomic E-state index is 0.217. The number of nitrogens with zero attached hydrogens (tertiary/aromatic N) is 5. The molecule has 33 heavy (non-hydrogen) atoms. The van der Waals surface area contributed by atoms with Gasteiger partial charge in [0.25, 0.3) is 5.56 Å². The number of fused-ring (bicyclic) bond motifs is 1. The summed E-state index contributed by atoms with van der Waals surface area (Å²) in [5, 5.41) is 6.46. The first-order valence-electron chi connectivity index (χ1n) is 11.0. The van der Waals surface area contributed by atoms with Crippen LogP contribution in [0.1, 0.15) is 26.0 Å². The van der Waals surface area contributed by atoms with Crippen LogP contribution in [0.15, 0.2) is 23.0 Å². The lowest BCUT2D eigenvalue weighted by Gasteiger charge is -2.31. The molecule has 1 saturated heterocycles. The van der Waals surface area contributed by atoms with Gasteiger partial charge in [0.15, 0.2) is 18.1 Å². The van der Waals surface area contributed by atoms with E-state index in [0.29, 0.717) is 40.5 Å². The zero-order valence-corrected chi connectivity index (χ0v) is 20.3. The van der Waals surface area contributed by atoms with Gasteiger partial charge < -0.3 is 19.5 Å². The van der Waals surface area contributed by atoms with Crippen LogP contribution in [0.4, 0.5) is 0 Å². The van der Waals surface area contributed by atoms with Gasteiger partial charge in [0.1, 0.15) is 22.8 Å². The van der Waals surface area contributed by atoms with E-state index in [9.17, 15) is 4.79 Å². The van der Waals surface area contributed by atoms with E-state index in [1.807, 2.05) is 30.2 Å². The van der Waals surface area contributed by atoms with Crippen LogP contribution in [-0.2, 0) is 26.0 Å². The highest BCUT2D eigenvalue weighted by atomic mass is 32.1. The maximum absolute atomic E-state index is 12.9. The number of benzene rings is 1. The molecule has 11 heteroatoms. The monoisotopic (exact) mass is 474 g/mol. The van der Waals surface area contributed by atoms with Crippen molar-refractivity contribution in [3.63, 3.8) is 0 Å².